The van der Waals surface area contributed by atoms with E-state index in [4.69, 9.17) is 0 Å². The van der Waals surface area contributed by atoms with E-state index in [0.717, 1.165) is 37.2 Å². The van der Waals surface area contributed by atoms with Crippen molar-refractivity contribution >= 4 is 10.0 Å². The van der Waals surface area contributed by atoms with E-state index in [9.17, 15) is 8.42 Å². The van der Waals surface area contributed by atoms with Crippen molar-refractivity contribution in [2.45, 2.75) is 37.8 Å². The predicted molar refractivity (Wildman–Crippen MR) is 84.8 cm³/mol. The van der Waals surface area contributed by atoms with Gasteiger partial charge in [-0.3, -0.25) is 0 Å². The minimum absolute atomic E-state index is 0.0109. The molecule has 1 aromatic carbocycles. The van der Waals surface area contributed by atoms with Crippen molar-refractivity contribution < 1.29 is 8.42 Å². The summed E-state index contributed by atoms with van der Waals surface area (Å²) in [5.41, 5.74) is 1.86. The number of hydrogen-bond acceptors (Lipinski definition) is 4. The topological polar surface area (TPSA) is 61.4 Å². The minimum atomic E-state index is -3.45. The third-order valence-corrected chi connectivity index (χ3v) is 5.63. The molecule has 0 radical (unpaired) electrons. The summed E-state index contributed by atoms with van der Waals surface area (Å²) in [5.74, 6) is 0. The molecule has 1 saturated heterocycles. The van der Waals surface area contributed by atoms with Gasteiger partial charge in [0.05, 0.1) is 4.90 Å². The van der Waals surface area contributed by atoms with Crippen molar-refractivity contribution in [3.63, 3.8) is 0 Å². The van der Waals surface area contributed by atoms with E-state index in [1.54, 1.807) is 6.07 Å². The predicted octanol–water partition coefficient (Wildman–Crippen LogP) is 1.09. The molecule has 5 nitrogen and oxygen atoms in total. The van der Waals surface area contributed by atoms with Gasteiger partial charge in [-0.25, -0.2) is 13.1 Å². The average molecular weight is 311 g/mol. The molecule has 0 bridgehead atoms. The molecule has 0 amide bonds. The lowest BCUT2D eigenvalue weighted by Gasteiger charge is -2.16. The maximum absolute atomic E-state index is 12.6. The summed E-state index contributed by atoms with van der Waals surface area (Å²) in [4.78, 5) is 2.54. The zero-order valence-electron chi connectivity index (χ0n) is 13.0. The molecule has 0 aliphatic carbocycles. The maximum Gasteiger partial charge on any atom is 0.241 e. The van der Waals surface area contributed by atoms with Gasteiger partial charge in [0, 0.05) is 19.1 Å². The van der Waals surface area contributed by atoms with Crippen LogP contribution in [0.25, 0.3) is 0 Å². The molecule has 118 valence electrons. The highest BCUT2D eigenvalue weighted by Gasteiger charge is 2.26. The van der Waals surface area contributed by atoms with Gasteiger partial charge in [-0.05, 0) is 50.7 Å². The van der Waals surface area contributed by atoms with Crippen LogP contribution in [0.4, 0.5) is 0 Å². The molecule has 21 heavy (non-hydrogen) atoms. The smallest absolute Gasteiger partial charge is 0.241 e. The highest BCUT2D eigenvalue weighted by Crippen LogP contribution is 2.20. The summed E-state index contributed by atoms with van der Waals surface area (Å²) in [6, 6.07) is 5.48. The molecule has 1 fully saturated rings. The Kier molecular flexibility index (Phi) is 5.37. The molecule has 1 aliphatic rings. The first-order chi connectivity index (χ1) is 9.94. The van der Waals surface area contributed by atoms with Crippen molar-refractivity contribution in [1.82, 2.24) is 14.9 Å². The van der Waals surface area contributed by atoms with Crippen molar-refractivity contribution in [2.75, 3.05) is 26.7 Å². The van der Waals surface area contributed by atoms with Crippen LogP contribution in [0.15, 0.2) is 23.1 Å². The monoisotopic (exact) mass is 311 g/mol. The molecule has 1 unspecified atom stereocenters. The fraction of sp³-hybridized carbons (Fsp3) is 0.600. The number of benzene rings is 1. The Morgan fingerprint density at radius 3 is 2.76 bits per heavy atom. The van der Waals surface area contributed by atoms with Gasteiger partial charge >= 0.3 is 0 Å². The number of likely N-dealkylation sites (tertiary alicyclic amines) is 1. The van der Waals surface area contributed by atoms with Crippen molar-refractivity contribution in [3.8, 4) is 0 Å². The Morgan fingerprint density at radius 2 is 2.14 bits per heavy atom. The lowest BCUT2D eigenvalue weighted by molar-refractivity contribution is 0.407. The lowest BCUT2D eigenvalue weighted by Crippen LogP contribution is -2.36. The van der Waals surface area contributed by atoms with Crippen LogP contribution in [0.5, 0.6) is 0 Å². The van der Waals surface area contributed by atoms with Gasteiger partial charge in [0.15, 0.2) is 0 Å². The second-order valence-electron chi connectivity index (χ2n) is 5.69. The van der Waals surface area contributed by atoms with Crippen LogP contribution < -0.4 is 10.0 Å². The van der Waals surface area contributed by atoms with Gasteiger partial charge in [0.25, 0.3) is 0 Å². The first-order valence-electron chi connectivity index (χ1n) is 7.44. The van der Waals surface area contributed by atoms with Crippen LogP contribution >= 0.6 is 0 Å². The summed E-state index contributed by atoms with van der Waals surface area (Å²) in [5, 5.41) is 3.24. The van der Waals surface area contributed by atoms with E-state index < -0.39 is 10.0 Å². The molecule has 2 rings (SSSR count). The van der Waals surface area contributed by atoms with E-state index in [2.05, 4.69) is 14.9 Å². The highest BCUT2D eigenvalue weighted by molar-refractivity contribution is 7.89. The van der Waals surface area contributed by atoms with Gasteiger partial charge in [-0.2, -0.15) is 0 Å². The van der Waals surface area contributed by atoms with Crippen LogP contribution in [0.2, 0.25) is 0 Å². The first-order valence-corrected chi connectivity index (χ1v) is 8.92. The van der Waals surface area contributed by atoms with E-state index in [1.165, 1.54) is 0 Å². The number of nitrogens with one attached hydrogen (secondary N) is 2. The van der Waals surface area contributed by atoms with Gasteiger partial charge in [-0.1, -0.05) is 19.1 Å². The Morgan fingerprint density at radius 1 is 1.38 bits per heavy atom. The SMILES string of the molecule is CCNCc1cccc(S(=O)(=O)NC2CCN(C)C2)c1C. The first kappa shape index (κ1) is 16.4. The largest absolute Gasteiger partial charge is 0.313 e. The van der Waals surface area contributed by atoms with Crippen LogP contribution in [0.3, 0.4) is 0 Å². The minimum Gasteiger partial charge on any atom is -0.313 e. The molecule has 2 N–H and O–H groups in total. The summed E-state index contributed by atoms with van der Waals surface area (Å²) in [6.07, 6.45) is 0.867. The Labute approximate surface area is 127 Å². The molecule has 1 heterocycles. The lowest BCUT2D eigenvalue weighted by atomic mass is 10.1. The fourth-order valence-electron chi connectivity index (χ4n) is 2.72. The van der Waals surface area contributed by atoms with Crippen LogP contribution in [0, 0.1) is 6.92 Å². The van der Waals surface area contributed by atoms with E-state index in [0.29, 0.717) is 11.4 Å². The van der Waals surface area contributed by atoms with Crippen molar-refractivity contribution in [3.05, 3.63) is 29.3 Å². The van der Waals surface area contributed by atoms with E-state index in [-0.39, 0.29) is 6.04 Å². The highest BCUT2D eigenvalue weighted by atomic mass is 32.2. The Hall–Kier alpha value is -0.950. The number of nitrogens with zero attached hydrogens (tertiary/aromatic N) is 1. The van der Waals surface area contributed by atoms with Crippen molar-refractivity contribution in [2.24, 2.45) is 0 Å². The number of rotatable bonds is 6. The van der Waals surface area contributed by atoms with E-state index in [1.807, 2.05) is 33.0 Å². The summed E-state index contributed by atoms with van der Waals surface area (Å²) in [6.45, 7) is 7.18. The van der Waals surface area contributed by atoms with Gasteiger partial charge in [0.2, 0.25) is 10.0 Å². The molecule has 1 atom stereocenters. The van der Waals surface area contributed by atoms with Crippen LogP contribution in [-0.4, -0.2) is 46.0 Å². The molecule has 1 aromatic rings. The second-order valence-corrected chi connectivity index (χ2v) is 7.37. The third-order valence-electron chi connectivity index (χ3n) is 3.96. The Balaban J connectivity index is 2.19. The molecule has 0 aromatic heterocycles. The molecular weight excluding hydrogens is 286 g/mol. The normalized spacial score (nSPS) is 20.0. The number of likely N-dealkylation sites (N-methyl/N-ethyl adjacent to an activating group) is 1. The summed E-state index contributed by atoms with van der Waals surface area (Å²) < 4.78 is 28.0. The molecule has 0 spiro atoms. The molecule has 6 heteroatoms. The molecule has 1 aliphatic heterocycles. The summed E-state index contributed by atoms with van der Waals surface area (Å²) >= 11 is 0. The number of hydrogen-bond donors (Lipinski definition) is 2. The molecular formula is C15H25N3O2S. The third kappa shape index (κ3) is 4.03. The zero-order chi connectivity index (χ0) is 15.5. The number of sulfonamides is 1. The molecule has 0 saturated carbocycles. The van der Waals surface area contributed by atoms with Crippen LogP contribution in [-0.2, 0) is 16.6 Å². The van der Waals surface area contributed by atoms with Gasteiger partial charge in [0.1, 0.15) is 0 Å². The zero-order valence-corrected chi connectivity index (χ0v) is 13.8. The van der Waals surface area contributed by atoms with Crippen molar-refractivity contribution in [1.29, 1.82) is 0 Å². The van der Waals surface area contributed by atoms with Crippen LogP contribution in [0.1, 0.15) is 24.5 Å². The quantitative estimate of drug-likeness (QED) is 0.825. The Bertz CT molecular complexity index is 587. The van der Waals surface area contributed by atoms with E-state index >= 15 is 0 Å². The van der Waals surface area contributed by atoms with Gasteiger partial charge in [-0.15, -0.1) is 0 Å². The maximum atomic E-state index is 12.6. The van der Waals surface area contributed by atoms with Gasteiger partial charge < -0.3 is 10.2 Å². The second kappa shape index (κ2) is 6.87. The standard InChI is InChI=1S/C15H25N3O2S/c1-4-16-10-13-6-5-7-15(12(13)2)21(19,20)17-14-8-9-18(3)11-14/h5-7,14,16-17H,4,8-11H2,1-3H3. The summed E-state index contributed by atoms with van der Waals surface area (Å²) in [7, 11) is -1.44. The average Bonchev–Trinajstić information content (AvgIpc) is 2.82. The fourth-order valence-corrected chi connectivity index (χ4v) is 4.27.